The van der Waals surface area contributed by atoms with Crippen molar-refractivity contribution in [3.05, 3.63) is 0 Å². The van der Waals surface area contributed by atoms with Crippen LogP contribution in [0.1, 0.15) is 13.8 Å². The summed E-state index contributed by atoms with van der Waals surface area (Å²) in [6.45, 7) is 3.54. The minimum Gasteiger partial charge on any atom is -0.387 e. The fourth-order valence-corrected chi connectivity index (χ4v) is 0.982. The van der Waals surface area contributed by atoms with Gasteiger partial charge in [-0.05, 0) is 13.8 Å². The molecule has 2 N–H and O–H groups in total. The maximum Gasteiger partial charge on any atom is 0.113 e. The molecule has 3 nitrogen and oxygen atoms in total. The third-order valence-corrected chi connectivity index (χ3v) is 1.72. The lowest BCUT2D eigenvalue weighted by Gasteiger charge is -2.19. The minimum atomic E-state index is -1.04. The van der Waals surface area contributed by atoms with Crippen molar-refractivity contribution in [2.75, 3.05) is 6.61 Å². The molecule has 0 spiro atoms. The van der Waals surface area contributed by atoms with Crippen LogP contribution in [0.15, 0.2) is 0 Å². The predicted molar refractivity (Wildman–Crippen MR) is 32.0 cm³/mol. The maximum atomic E-state index is 9.26. The molecule has 3 atom stereocenters. The second-order valence-corrected chi connectivity index (χ2v) is 2.82. The molecule has 0 amide bonds. The highest BCUT2D eigenvalue weighted by Crippen LogP contribution is 2.23. The minimum absolute atomic E-state index is 0.231. The molecule has 1 aliphatic heterocycles. The zero-order valence-corrected chi connectivity index (χ0v) is 5.66. The fraction of sp³-hybridized carbons (Fsp3) is 1.00. The largest absolute Gasteiger partial charge is 0.387 e. The highest BCUT2D eigenvalue weighted by Gasteiger charge is 2.41. The summed E-state index contributed by atoms with van der Waals surface area (Å²) in [7, 11) is 0. The summed E-state index contributed by atoms with van der Waals surface area (Å²) in [5.41, 5.74) is -1.04. The van der Waals surface area contributed by atoms with E-state index in [9.17, 15) is 5.11 Å². The average Bonchev–Trinajstić information content (AvgIpc) is 1.97. The van der Waals surface area contributed by atoms with Crippen molar-refractivity contribution in [3.63, 3.8) is 0 Å². The van der Waals surface area contributed by atoms with Gasteiger partial charge in [0.1, 0.15) is 11.7 Å². The second-order valence-electron chi connectivity index (χ2n) is 2.82. The van der Waals surface area contributed by atoms with Gasteiger partial charge < -0.3 is 14.9 Å². The fourth-order valence-electron chi connectivity index (χ4n) is 0.982. The van der Waals surface area contributed by atoms with Crippen LogP contribution in [0.2, 0.25) is 0 Å². The molecule has 9 heavy (non-hydrogen) atoms. The highest BCUT2D eigenvalue weighted by atomic mass is 16.5. The lowest BCUT2D eigenvalue weighted by Crippen LogP contribution is -2.39. The van der Waals surface area contributed by atoms with Crippen LogP contribution >= 0.6 is 0 Å². The summed E-state index contributed by atoms with van der Waals surface area (Å²) in [6, 6.07) is 0. The Bertz CT molecular complexity index is 111. The number of hydrogen-bond acceptors (Lipinski definition) is 3. The molecule has 1 saturated heterocycles. The molecule has 0 aromatic heterocycles. The van der Waals surface area contributed by atoms with E-state index in [2.05, 4.69) is 0 Å². The van der Waals surface area contributed by atoms with E-state index in [4.69, 9.17) is 9.84 Å². The monoisotopic (exact) mass is 132 g/mol. The first-order chi connectivity index (χ1) is 4.04. The van der Waals surface area contributed by atoms with Gasteiger partial charge in [-0.25, -0.2) is 0 Å². The van der Waals surface area contributed by atoms with Crippen LogP contribution in [0.4, 0.5) is 0 Å². The zero-order chi connectivity index (χ0) is 7.07. The Hall–Kier alpha value is -0.120. The summed E-state index contributed by atoms with van der Waals surface area (Å²) in [4.78, 5) is 0. The number of rotatable bonds is 0. The SMILES string of the molecule is C[C@@H]1OCC(C)(O)C1O. The van der Waals surface area contributed by atoms with Crippen LogP contribution in [0, 0.1) is 0 Å². The van der Waals surface area contributed by atoms with E-state index < -0.39 is 11.7 Å². The molecular formula is C6H12O3. The highest BCUT2D eigenvalue weighted by molar-refractivity contribution is 4.91. The van der Waals surface area contributed by atoms with Gasteiger partial charge in [-0.2, -0.15) is 0 Å². The van der Waals surface area contributed by atoms with Crippen molar-refractivity contribution < 1.29 is 14.9 Å². The van der Waals surface area contributed by atoms with Crippen molar-refractivity contribution in [2.45, 2.75) is 31.7 Å². The van der Waals surface area contributed by atoms with Gasteiger partial charge in [-0.1, -0.05) is 0 Å². The molecular weight excluding hydrogens is 120 g/mol. The predicted octanol–water partition coefficient (Wildman–Crippen LogP) is -0.483. The Balaban J connectivity index is 2.62. The van der Waals surface area contributed by atoms with Crippen LogP contribution in [-0.2, 0) is 4.74 Å². The van der Waals surface area contributed by atoms with Crippen molar-refractivity contribution in [2.24, 2.45) is 0 Å². The van der Waals surface area contributed by atoms with Gasteiger partial charge in [-0.3, -0.25) is 0 Å². The van der Waals surface area contributed by atoms with Crippen molar-refractivity contribution >= 4 is 0 Å². The molecule has 0 aromatic carbocycles. The number of aliphatic hydroxyl groups excluding tert-OH is 1. The first kappa shape index (κ1) is 6.99. The molecule has 3 heteroatoms. The first-order valence-corrected chi connectivity index (χ1v) is 3.06. The Labute approximate surface area is 54.3 Å². The van der Waals surface area contributed by atoms with Gasteiger partial charge in [0.2, 0.25) is 0 Å². The Morgan fingerprint density at radius 2 is 2.22 bits per heavy atom. The number of aliphatic hydroxyl groups is 2. The lowest BCUT2D eigenvalue weighted by atomic mass is 10.0. The number of ether oxygens (including phenoxy) is 1. The molecule has 54 valence electrons. The summed E-state index contributed by atoms with van der Waals surface area (Å²) in [6.07, 6.45) is -0.975. The molecule has 0 bridgehead atoms. The Kier molecular flexibility index (Phi) is 1.50. The van der Waals surface area contributed by atoms with Crippen LogP contribution in [-0.4, -0.2) is 34.6 Å². The number of hydrogen-bond donors (Lipinski definition) is 2. The summed E-state index contributed by atoms with van der Waals surface area (Å²) < 4.78 is 4.98. The molecule has 1 heterocycles. The van der Waals surface area contributed by atoms with Gasteiger partial charge in [0, 0.05) is 0 Å². The van der Waals surface area contributed by atoms with Crippen LogP contribution in [0.25, 0.3) is 0 Å². The Morgan fingerprint density at radius 3 is 2.33 bits per heavy atom. The summed E-state index contributed by atoms with van der Waals surface area (Å²) >= 11 is 0. The van der Waals surface area contributed by atoms with E-state index in [0.717, 1.165) is 0 Å². The van der Waals surface area contributed by atoms with Crippen LogP contribution in [0.5, 0.6) is 0 Å². The average molecular weight is 132 g/mol. The summed E-state index contributed by atoms with van der Waals surface area (Å²) in [5, 5.41) is 18.4. The third-order valence-electron chi connectivity index (χ3n) is 1.72. The molecule has 0 radical (unpaired) electrons. The maximum absolute atomic E-state index is 9.26. The van der Waals surface area contributed by atoms with Crippen LogP contribution in [0.3, 0.4) is 0 Å². The molecule has 0 aromatic rings. The second kappa shape index (κ2) is 1.94. The molecule has 1 fully saturated rings. The smallest absolute Gasteiger partial charge is 0.113 e. The van der Waals surface area contributed by atoms with E-state index in [0.29, 0.717) is 0 Å². The van der Waals surface area contributed by atoms with Crippen LogP contribution < -0.4 is 0 Å². The van der Waals surface area contributed by atoms with E-state index in [1.165, 1.54) is 0 Å². The zero-order valence-electron chi connectivity index (χ0n) is 5.66. The van der Waals surface area contributed by atoms with E-state index in [1.807, 2.05) is 0 Å². The first-order valence-electron chi connectivity index (χ1n) is 3.06. The van der Waals surface area contributed by atoms with Gasteiger partial charge in [-0.15, -0.1) is 0 Å². The van der Waals surface area contributed by atoms with E-state index in [-0.39, 0.29) is 12.7 Å². The topological polar surface area (TPSA) is 49.7 Å². The molecule has 2 unspecified atom stereocenters. The molecule has 0 aliphatic carbocycles. The standard InChI is InChI=1S/C6H12O3/c1-4-5(7)6(2,8)3-9-4/h4-5,7-8H,3H2,1-2H3/t4-,5?,6?/m0/s1. The van der Waals surface area contributed by atoms with Crippen molar-refractivity contribution in [1.29, 1.82) is 0 Å². The van der Waals surface area contributed by atoms with Gasteiger partial charge in [0.05, 0.1) is 12.7 Å². The molecule has 0 saturated carbocycles. The quantitative estimate of drug-likeness (QED) is 0.468. The lowest BCUT2D eigenvalue weighted by molar-refractivity contribution is -0.0338. The van der Waals surface area contributed by atoms with E-state index in [1.54, 1.807) is 13.8 Å². The van der Waals surface area contributed by atoms with Gasteiger partial charge in [0.25, 0.3) is 0 Å². The van der Waals surface area contributed by atoms with Gasteiger partial charge in [0.15, 0.2) is 0 Å². The third kappa shape index (κ3) is 1.08. The molecule has 1 aliphatic rings. The van der Waals surface area contributed by atoms with Gasteiger partial charge >= 0.3 is 0 Å². The normalized spacial score (nSPS) is 52.0. The Morgan fingerprint density at radius 1 is 1.67 bits per heavy atom. The summed E-state index contributed by atoms with van der Waals surface area (Å²) in [5.74, 6) is 0. The molecule has 1 rings (SSSR count). The van der Waals surface area contributed by atoms with E-state index >= 15 is 0 Å². The van der Waals surface area contributed by atoms with Crippen molar-refractivity contribution in [3.8, 4) is 0 Å². The van der Waals surface area contributed by atoms with Crippen molar-refractivity contribution in [1.82, 2.24) is 0 Å².